The van der Waals surface area contributed by atoms with Gasteiger partial charge in [-0.15, -0.1) is 0 Å². The molecule has 0 amide bonds. The molecule has 0 radical (unpaired) electrons. The van der Waals surface area contributed by atoms with E-state index in [4.69, 9.17) is 10.5 Å². The van der Waals surface area contributed by atoms with Gasteiger partial charge in [0.05, 0.1) is 30.9 Å². The largest absolute Gasteiger partial charge is 0.384 e. The van der Waals surface area contributed by atoms with Crippen LogP contribution in [-0.2, 0) is 4.74 Å². The number of anilines is 1. The molecule has 0 spiro atoms. The van der Waals surface area contributed by atoms with E-state index in [1.54, 1.807) is 19.4 Å². The lowest BCUT2D eigenvalue weighted by Crippen LogP contribution is -2.14. The lowest BCUT2D eigenvalue weighted by Gasteiger charge is -2.18. The zero-order chi connectivity index (χ0) is 13.0. The lowest BCUT2D eigenvalue weighted by atomic mass is 10.2. The highest BCUT2D eigenvalue weighted by Gasteiger charge is 2.13. The fourth-order valence-corrected chi connectivity index (χ4v) is 1.96. The Morgan fingerprint density at radius 1 is 1.39 bits per heavy atom. The van der Waals surface area contributed by atoms with Crippen molar-refractivity contribution in [3.05, 3.63) is 30.9 Å². The molecule has 0 aliphatic carbocycles. The topological polar surface area (TPSA) is 66.0 Å². The summed E-state index contributed by atoms with van der Waals surface area (Å²) in [7, 11) is 1.71. The van der Waals surface area contributed by atoms with E-state index in [1.807, 2.05) is 18.6 Å². The first-order chi connectivity index (χ1) is 8.76. The van der Waals surface area contributed by atoms with Crippen LogP contribution in [0.3, 0.4) is 0 Å². The minimum absolute atomic E-state index is 0.282. The molecule has 5 heteroatoms. The number of nitrogen functional groups attached to an aromatic ring is 1. The molecule has 5 nitrogen and oxygen atoms in total. The molecule has 1 unspecified atom stereocenters. The Kier molecular flexibility index (Phi) is 3.94. The van der Waals surface area contributed by atoms with Crippen molar-refractivity contribution in [3.8, 4) is 11.3 Å². The summed E-state index contributed by atoms with van der Waals surface area (Å²) in [6.07, 6.45) is 6.42. The van der Waals surface area contributed by atoms with Gasteiger partial charge in [-0.2, -0.15) is 0 Å². The van der Waals surface area contributed by atoms with Crippen LogP contribution in [0.15, 0.2) is 30.9 Å². The quantitative estimate of drug-likeness (QED) is 0.877. The molecule has 2 heterocycles. The van der Waals surface area contributed by atoms with Gasteiger partial charge in [-0.3, -0.25) is 0 Å². The molecule has 18 heavy (non-hydrogen) atoms. The van der Waals surface area contributed by atoms with E-state index in [0.29, 0.717) is 12.4 Å². The molecule has 1 atom stereocenters. The molecule has 0 saturated carbocycles. The zero-order valence-electron chi connectivity index (χ0n) is 10.7. The SMILES string of the molecule is CCC(COC)n1cncc1-c1ccc(N)nc1. The van der Waals surface area contributed by atoms with E-state index in [2.05, 4.69) is 21.5 Å². The summed E-state index contributed by atoms with van der Waals surface area (Å²) >= 11 is 0. The van der Waals surface area contributed by atoms with Crippen molar-refractivity contribution < 1.29 is 4.74 Å². The second-order valence-corrected chi connectivity index (χ2v) is 4.18. The fraction of sp³-hybridized carbons (Fsp3) is 0.385. The number of ether oxygens (including phenoxy) is 1. The van der Waals surface area contributed by atoms with E-state index in [-0.39, 0.29) is 6.04 Å². The highest BCUT2D eigenvalue weighted by molar-refractivity contribution is 5.59. The van der Waals surface area contributed by atoms with Crippen LogP contribution in [0.5, 0.6) is 0 Å². The maximum Gasteiger partial charge on any atom is 0.123 e. The van der Waals surface area contributed by atoms with Gasteiger partial charge in [-0.05, 0) is 18.6 Å². The number of rotatable bonds is 5. The zero-order valence-corrected chi connectivity index (χ0v) is 10.7. The number of methoxy groups -OCH3 is 1. The predicted octanol–water partition coefficient (Wildman–Crippen LogP) is 2.12. The van der Waals surface area contributed by atoms with Gasteiger partial charge in [0.15, 0.2) is 0 Å². The van der Waals surface area contributed by atoms with Crippen molar-refractivity contribution in [2.75, 3.05) is 19.5 Å². The van der Waals surface area contributed by atoms with Crippen molar-refractivity contribution in [3.63, 3.8) is 0 Å². The Morgan fingerprint density at radius 3 is 2.83 bits per heavy atom. The Morgan fingerprint density at radius 2 is 2.22 bits per heavy atom. The van der Waals surface area contributed by atoms with Gasteiger partial charge in [0, 0.05) is 18.9 Å². The van der Waals surface area contributed by atoms with Gasteiger partial charge in [-0.1, -0.05) is 6.92 Å². The standard InChI is InChI=1S/C13H18N4O/c1-3-11(8-18-2)17-9-15-7-12(17)10-4-5-13(14)16-6-10/h4-7,9,11H,3,8H2,1-2H3,(H2,14,16). The first-order valence-electron chi connectivity index (χ1n) is 5.99. The number of nitrogens with zero attached hydrogens (tertiary/aromatic N) is 3. The Hall–Kier alpha value is -1.88. The van der Waals surface area contributed by atoms with Gasteiger partial charge in [0.2, 0.25) is 0 Å². The molecule has 0 fully saturated rings. The van der Waals surface area contributed by atoms with Crippen LogP contribution in [0.2, 0.25) is 0 Å². The van der Waals surface area contributed by atoms with Crippen LogP contribution in [0, 0.1) is 0 Å². The van der Waals surface area contributed by atoms with Crippen LogP contribution in [0.25, 0.3) is 11.3 Å². The molecular weight excluding hydrogens is 228 g/mol. The molecule has 2 rings (SSSR count). The summed E-state index contributed by atoms with van der Waals surface area (Å²) < 4.78 is 7.37. The minimum Gasteiger partial charge on any atom is -0.384 e. The van der Waals surface area contributed by atoms with Crippen LogP contribution in [0.1, 0.15) is 19.4 Å². The number of aromatic nitrogens is 3. The summed E-state index contributed by atoms with van der Waals surface area (Å²) in [6.45, 7) is 2.80. The Balaban J connectivity index is 2.34. The minimum atomic E-state index is 0.282. The summed E-state index contributed by atoms with van der Waals surface area (Å²) in [4.78, 5) is 8.33. The number of hydrogen-bond acceptors (Lipinski definition) is 4. The molecule has 2 N–H and O–H groups in total. The molecule has 0 bridgehead atoms. The third kappa shape index (κ3) is 2.51. The Bertz CT molecular complexity index is 492. The van der Waals surface area contributed by atoms with Crippen LogP contribution >= 0.6 is 0 Å². The van der Waals surface area contributed by atoms with Gasteiger partial charge >= 0.3 is 0 Å². The molecule has 0 saturated heterocycles. The second kappa shape index (κ2) is 5.64. The van der Waals surface area contributed by atoms with E-state index in [0.717, 1.165) is 17.7 Å². The monoisotopic (exact) mass is 246 g/mol. The van der Waals surface area contributed by atoms with Crippen molar-refractivity contribution in [2.45, 2.75) is 19.4 Å². The number of hydrogen-bond donors (Lipinski definition) is 1. The van der Waals surface area contributed by atoms with E-state index in [9.17, 15) is 0 Å². The average molecular weight is 246 g/mol. The summed E-state index contributed by atoms with van der Waals surface area (Å²) in [6, 6.07) is 4.03. The van der Waals surface area contributed by atoms with Gasteiger partial charge in [0.25, 0.3) is 0 Å². The third-order valence-corrected chi connectivity index (χ3v) is 2.97. The van der Waals surface area contributed by atoms with E-state index in [1.165, 1.54) is 0 Å². The first-order valence-corrected chi connectivity index (χ1v) is 5.99. The molecule has 0 aromatic carbocycles. The van der Waals surface area contributed by atoms with E-state index >= 15 is 0 Å². The maximum absolute atomic E-state index is 5.60. The molecule has 0 aliphatic rings. The van der Waals surface area contributed by atoms with E-state index < -0.39 is 0 Å². The summed E-state index contributed by atoms with van der Waals surface area (Å²) in [5.41, 5.74) is 7.64. The summed E-state index contributed by atoms with van der Waals surface area (Å²) in [5, 5.41) is 0. The molecule has 2 aromatic heterocycles. The highest BCUT2D eigenvalue weighted by Crippen LogP contribution is 2.24. The van der Waals surface area contributed by atoms with Crippen LogP contribution in [-0.4, -0.2) is 28.3 Å². The van der Waals surface area contributed by atoms with Crippen molar-refractivity contribution >= 4 is 5.82 Å². The molecule has 0 aliphatic heterocycles. The lowest BCUT2D eigenvalue weighted by molar-refractivity contribution is 0.153. The molecular formula is C13H18N4O. The van der Waals surface area contributed by atoms with Crippen LogP contribution < -0.4 is 5.73 Å². The smallest absolute Gasteiger partial charge is 0.123 e. The van der Waals surface area contributed by atoms with Crippen molar-refractivity contribution in [2.24, 2.45) is 0 Å². The number of nitrogens with two attached hydrogens (primary N) is 1. The second-order valence-electron chi connectivity index (χ2n) is 4.18. The molecule has 96 valence electrons. The average Bonchev–Trinajstić information content (AvgIpc) is 2.86. The molecule has 2 aromatic rings. The van der Waals surface area contributed by atoms with Crippen molar-refractivity contribution in [1.29, 1.82) is 0 Å². The Labute approximate surface area is 107 Å². The van der Waals surface area contributed by atoms with Gasteiger partial charge < -0.3 is 15.0 Å². The van der Waals surface area contributed by atoms with Gasteiger partial charge in [-0.25, -0.2) is 9.97 Å². The first kappa shape index (κ1) is 12.6. The summed E-state index contributed by atoms with van der Waals surface area (Å²) in [5.74, 6) is 0.522. The fourth-order valence-electron chi connectivity index (χ4n) is 1.96. The van der Waals surface area contributed by atoms with Gasteiger partial charge in [0.1, 0.15) is 5.82 Å². The van der Waals surface area contributed by atoms with Crippen LogP contribution in [0.4, 0.5) is 5.82 Å². The third-order valence-electron chi connectivity index (χ3n) is 2.97. The van der Waals surface area contributed by atoms with Crippen molar-refractivity contribution in [1.82, 2.24) is 14.5 Å². The normalized spacial score (nSPS) is 12.6. The number of imidazole rings is 1. The highest BCUT2D eigenvalue weighted by atomic mass is 16.5. The number of pyridine rings is 1. The predicted molar refractivity (Wildman–Crippen MR) is 71.1 cm³/mol. The maximum atomic E-state index is 5.60.